The van der Waals surface area contributed by atoms with Crippen molar-refractivity contribution in [1.82, 2.24) is 25.1 Å². The van der Waals surface area contributed by atoms with E-state index in [1.165, 1.54) is 0 Å². The fraction of sp³-hybridized carbons (Fsp3) is 0.167. The summed E-state index contributed by atoms with van der Waals surface area (Å²) < 4.78 is 1.74. The molecular formula is C30H28N6O2. The van der Waals surface area contributed by atoms with Gasteiger partial charge in [0.1, 0.15) is 5.82 Å². The highest BCUT2D eigenvalue weighted by Crippen LogP contribution is 2.21. The van der Waals surface area contributed by atoms with Crippen LogP contribution in [0, 0.1) is 6.92 Å². The summed E-state index contributed by atoms with van der Waals surface area (Å²) in [7, 11) is 0. The van der Waals surface area contributed by atoms with Crippen LogP contribution in [-0.2, 0) is 19.4 Å². The molecule has 2 N–H and O–H groups in total. The first-order valence-electron chi connectivity index (χ1n) is 12.5. The number of hydrogen-bond acceptors (Lipinski definition) is 5. The highest BCUT2D eigenvalue weighted by Gasteiger charge is 2.19. The number of hydrogen-bond donors (Lipinski definition) is 2. The van der Waals surface area contributed by atoms with Crippen molar-refractivity contribution < 1.29 is 9.59 Å². The molecule has 2 aromatic carbocycles. The summed E-state index contributed by atoms with van der Waals surface area (Å²) >= 11 is 0. The third-order valence-electron chi connectivity index (χ3n) is 6.24. The van der Waals surface area contributed by atoms with Gasteiger partial charge in [0.05, 0.1) is 5.39 Å². The number of fused-ring (bicyclic) bond motifs is 1. The van der Waals surface area contributed by atoms with Crippen LogP contribution in [0.3, 0.4) is 0 Å². The second-order valence-corrected chi connectivity index (χ2v) is 9.06. The summed E-state index contributed by atoms with van der Waals surface area (Å²) in [5, 5.41) is 11.1. The van der Waals surface area contributed by atoms with E-state index in [0.29, 0.717) is 47.6 Å². The number of rotatable bonds is 9. The molecule has 8 nitrogen and oxygen atoms in total. The summed E-state index contributed by atoms with van der Waals surface area (Å²) in [6.07, 6.45) is 4.90. The van der Waals surface area contributed by atoms with Crippen LogP contribution >= 0.6 is 0 Å². The Hall–Kier alpha value is -4.85. The molecule has 0 fully saturated rings. The highest BCUT2D eigenvalue weighted by molar-refractivity contribution is 6.06. The van der Waals surface area contributed by atoms with E-state index in [1.807, 2.05) is 49.4 Å². The molecule has 0 spiro atoms. The molecule has 0 aliphatic carbocycles. The smallest absolute Gasteiger partial charge is 0.272 e. The zero-order valence-corrected chi connectivity index (χ0v) is 21.1. The van der Waals surface area contributed by atoms with Crippen LogP contribution in [-0.4, -0.2) is 38.1 Å². The van der Waals surface area contributed by atoms with E-state index in [2.05, 4.69) is 37.8 Å². The zero-order valence-electron chi connectivity index (χ0n) is 21.1. The Bertz CT molecular complexity index is 1550. The fourth-order valence-corrected chi connectivity index (χ4v) is 4.17. The van der Waals surface area contributed by atoms with E-state index in [9.17, 15) is 9.59 Å². The van der Waals surface area contributed by atoms with Crippen molar-refractivity contribution in [2.24, 2.45) is 0 Å². The number of pyridine rings is 2. The minimum absolute atomic E-state index is 0.249. The van der Waals surface area contributed by atoms with Gasteiger partial charge in [-0.25, -0.2) is 9.67 Å². The van der Waals surface area contributed by atoms with Crippen molar-refractivity contribution in [3.63, 3.8) is 0 Å². The lowest BCUT2D eigenvalue weighted by molar-refractivity contribution is 0.0949. The maximum Gasteiger partial charge on any atom is 0.272 e. The van der Waals surface area contributed by atoms with E-state index in [4.69, 9.17) is 0 Å². The Kier molecular flexibility index (Phi) is 7.49. The van der Waals surface area contributed by atoms with Crippen LogP contribution in [0.2, 0.25) is 0 Å². The van der Waals surface area contributed by atoms with Crippen LogP contribution in [0.4, 0.5) is 5.82 Å². The van der Waals surface area contributed by atoms with Gasteiger partial charge in [0, 0.05) is 31.0 Å². The van der Waals surface area contributed by atoms with E-state index in [1.54, 1.807) is 41.3 Å². The van der Waals surface area contributed by atoms with Gasteiger partial charge in [-0.2, -0.15) is 5.10 Å². The van der Waals surface area contributed by atoms with Crippen LogP contribution in [0.15, 0.2) is 91.3 Å². The predicted octanol–water partition coefficient (Wildman–Crippen LogP) is 4.60. The highest BCUT2D eigenvalue weighted by atomic mass is 16.2. The van der Waals surface area contributed by atoms with Gasteiger partial charge in [-0.1, -0.05) is 54.1 Å². The third-order valence-corrected chi connectivity index (χ3v) is 6.24. The Morgan fingerprint density at radius 3 is 2.39 bits per heavy atom. The number of carbonyl (C=O) groups is 2. The molecule has 0 saturated heterocycles. The van der Waals surface area contributed by atoms with E-state index >= 15 is 0 Å². The second kappa shape index (κ2) is 11.5. The van der Waals surface area contributed by atoms with Gasteiger partial charge in [-0.15, -0.1) is 0 Å². The summed E-state index contributed by atoms with van der Waals surface area (Å²) in [5.74, 6) is -0.122. The van der Waals surface area contributed by atoms with Crippen molar-refractivity contribution >= 4 is 28.7 Å². The standard InChI is InChI=1S/C30H28N6O2/c1-21-9-11-24(12-10-21)29(37)34-26-14-13-25-27(30(38)32-18-15-23-8-5-17-31-20-23)35-36(28(25)33-26)19-16-22-6-3-2-4-7-22/h2-14,17,20H,15-16,18-19H2,1H3,(H,32,38)(H,33,34,37). The molecule has 2 amide bonds. The normalized spacial score (nSPS) is 10.9. The molecule has 0 saturated carbocycles. The summed E-state index contributed by atoms with van der Waals surface area (Å²) in [6.45, 7) is 2.97. The van der Waals surface area contributed by atoms with Gasteiger partial charge in [0.2, 0.25) is 0 Å². The Morgan fingerprint density at radius 1 is 0.842 bits per heavy atom. The van der Waals surface area contributed by atoms with Crippen LogP contribution in [0.5, 0.6) is 0 Å². The minimum Gasteiger partial charge on any atom is -0.350 e. The Labute approximate surface area is 220 Å². The number of amides is 2. The lowest BCUT2D eigenvalue weighted by Gasteiger charge is -2.07. The van der Waals surface area contributed by atoms with Crippen molar-refractivity contribution in [1.29, 1.82) is 0 Å². The van der Waals surface area contributed by atoms with Crippen molar-refractivity contribution in [3.05, 3.63) is 119 Å². The number of carbonyl (C=O) groups excluding carboxylic acids is 2. The monoisotopic (exact) mass is 504 g/mol. The first kappa shape index (κ1) is 24.8. The maximum absolute atomic E-state index is 13.1. The molecular weight excluding hydrogens is 476 g/mol. The van der Waals surface area contributed by atoms with Crippen molar-refractivity contribution in [2.45, 2.75) is 26.3 Å². The second-order valence-electron chi connectivity index (χ2n) is 9.06. The van der Waals surface area contributed by atoms with Gasteiger partial charge >= 0.3 is 0 Å². The van der Waals surface area contributed by atoms with E-state index in [-0.39, 0.29) is 11.8 Å². The molecule has 0 bridgehead atoms. The molecule has 3 heterocycles. The largest absolute Gasteiger partial charge is 0.350 e. The van der Waals surface area contributed by atoms with Crippen molar-refractivity contribution in [3.8, 4) is 0 Å². The molecule has 0 unspecified atom stereocenters. The van der Waals surface area contributed by atoms with E-state index < -0.39 is 0 Å². The molecule has 0 radical (unpaired) electrons. The number of aryl methyl sites for hydroxylation is 3. The lowest BCUT2D eigenvalue weighted by atomic mass is 10.1. The van der Waals surface area contributed by atoms with E-state index in [0.717, 1.165) is 23.1 Å². The molecule has 5 aromatic rings. The topological polar surface area (TPSA) is 102 Å². The Morgan fingerprint density at radius 2 is 1.63 bits per heavy atom. The molecule has 8 heteroatoms. The number of nitrogens with zero attached hydrogens (tertiary/aromatic N) is 4. The number of aromatic nitrogens is 4. The number of nitrogens with one attached hydrogen (secondary N) is 2. The first-order valence-corrected chi connectivity index (χ1v) is 12.5. The van der Waals surface area contributed by atoms with Gasteiger partial charge in [-0.05, 0) is 61.2 Å². The van der Waals surface area contributed by atoms with Crippen LogP contribution < -0.4 is 10.6 Å². The molecule has 0 atom stereocenters. The van der Waals surface area contributed by atoms with Crippen LogP contribution in [0.1, 0.15) is 37.5 Å². The van der Waals surface area contributed by atoms with Gasteiger partial charge in [-0.3, -0.25) is 14.6 Å². The molecule has 5 rings (SSSR count). The number of benzene rings is 2. The average Bonchev–Trinajstić information content (AvgIpc) is 3.31. The van der Waals surface area contributed by atoms with Gasteiger partial charge in [0.25, 0.3) is 11.8 Å². The fourth-order valence-electron chi connectivity index (χ4n) is 4.17. The molecule has 0 aliphatic heterocycles. The van der Waals surface area contributed by atoms with Crippen LogP contribution in [0.25, 0.3) is 11.0 Å². The Balaban J connectivity index is 1.38. The molecule has 3 aromatic heterocycles. The molecule has 190 valence electrons. The summed E-state index contributed by atoms with van der Waals surface area (Å²) in [4.78, 5) is 34.7. The first-order chi connectivity index (χ1) is 18.6. The number of anilines is 1. The quantitative estimate of drug-likeness (QED) is 0.305. The third kappa shape index (κ3) is 5.92. The average molecular weight is 505 g/mol. The van der Waals surface area contributed by atoms with Crippen molar-refractivity contribution in [2.75, 3.05) is 11.9 Å². The lowest BCUT2D eigenvalue weighted by Crippen LogP contribution is -2.26. The SMILES string of the molecule is Cc1ccc(C(=O)Nc2ccc3c(C(=O)NCCc4cccnc4)nn(CCc4ccccc4)c3n2)cc1. The predicted molar refractivity (Wildman–Crippen MR) is 147 cm³/mol. The van der Waals surface area contributed by atoms with Gasteiger partial charge in [0.15, 0.2) is 11.3 Å². The summed E-state index contributed by atoms with van der Waals surface area (Å²) in [5.41, 5.74) is 4.67. The molecule has 38 heavy (non-hydrogen) atoms. The minimum atomic E-state index is -0.268. The summed E-state index contributed by atoms with van der Waals surface area (Å²) in [6, 6.07) is 24.8. The van der Waals surface area contributed by atoms with Gasteiger partial charge < -0.3 is 10.6 Å². The zero-order chi connectivity index (χ0) is 26.3. The molecule has 0 aliphatic rings. The maximum atomic E-state index is 13.1.